The highest BCUT2D eigenvalue weighted by atomic mass is 127. The molecule has 0 aliphatic heterocycles. The molecule has 1 amide bonds. The monoisotopic (exact) mass is 435 g/mol. The number of carbonyl (C=O) groups is 1. The zero-order valence-electron chi connectivity index (χ0n) is 12.8. The molecule has 0 spiro atoms. The van der Waals surface area contributed by atoms with Crippen molar-refractivity contribution < 1.29 is 14.3 Å². The largest absolute Gasteiger partial charge is 0.436 e. The number of aliphatic hydroxyl groups excluding tert-OH is 1. The fraction of sp³-hybridized carbons (Fsp3) is 0.118. The van der Waals surface area contributed by atoms with Gasteiger partial charge in [0, 0.05) is 20.7 Å². The predicted octanol–water partition coefficient (Wildman–Crippen LogP) is 2.56. The van der Waals surface area contributed by atoms with Crippen LogP contribution < -0.4 is 11.3 Å². The molecule has 3 aromatic rings. The van der Waals surface area contributed by atoms with Crippen molar-refractivity contribution in [2.45, 2.75) is 13.5 Å². The lowest BCUT2D eigenvalue weighted by molar-refractivity contribution is 0.0996. The Balaban J connectivity index is 2.39. The van der Waals surface area contributed by atoms with E-state index >= 15 is 0 Å². The number of rotatable bonds is 3. The molecule has 7 heteroatoms. The van der Waals surface area contributed by atoms with Gasteiger partial charge in [-0.25, -0.2) is 4.99 Å². The van der Waals surface area contributed by atoms with E-state index < -0.39 is 5.91 Å². The maximum atomic E-state index is 11.8. The van der Waals surface area contributed by atoms with E-state index in [0.29, 0.717) is 27.9 Å². The number of halogens is 1. The Hall–Kier alpha value is -2.26. The second-order valence-electron chi connectivity index (χ2n) is 5.16. The first-order valence-corrected chi connectivity index (χ1v) is 8.21. The van der Waals surface area contributed by atoms with Gasteiger partial charge in [0.05, 0.1) is 18.0 Å². The van der Waals surface area contributed by atoms with Crippen LogP contribution in [0.3, 0.4) is 0 Å². The SMILES string of the molecule is Cc1ncc(CO)c2cc(C(N)=O)c(=Nc3ccccc3I)oc12. The van der Waals surface area contributed by atoms with Gasteiger partial charge >= 0.3 is 0 Å². The minimum atomic E-state index is -0.649. The number of aromatic nitrogens is 1. The number of nitrogens with zero attached hydrogens (tertiary/aromatic N) is 2. The van der Waals surface area contributed by atoms with Gasteiger partial charge in [-0.1, -0.05) is 12.1 Å². The van der Waals surface area contributed by atoms with Gasteiger partial charge in [0.1, 0.15) is 5.56 Å². The number of benzene rings is 1. The number of amides is 1. The first-order valence-electron chi connectivity index (χ1n) is 7.13. The second kappa shape index (κ2) is 6.70. The summed E-state index contributed by atoms with van der Waals surface area (Å²) in [6.45, 7) is 1.57. The van der Waals surface area contributed by atoms with Gasteiger partial charge in [-0.05, 0) is 47.7 Å². The summed E-state index contributed by atoms with van der Waals surface area (Å²) in [7, 11) is 0. The van der Waals surface area contributed by atoms with Crippen LogP contribution in [0.4, 0.5) is 5.69 Å². The molecule has 0 aliphatic rings. The quantitative estimate of drug-likeness (QED) is 0.618. The van der Waals surface area contributed by atoms with Crippen molar-refractivity contribution in [3.05, 3.63) is 62.5 Å². The molecular weight excluding hydrogens is 421 g/mol. The fourth-order valence-electron chi connectivity index (χ4n) is 2.33. The van der Waals surface area contributed by atoms with Crippen LogP contribution in [0, 0.1) is 10.5 Å². The van der Waals surface area contributed by atoms with Crippen molar-refractivity contribution in [1.82, 2.24) is 4.98 Å². The number of fused-ring (bicyclic) bond motifs is 1. The standard InChI is InChI=1S/C17H14IN3O3/c1-9-15-11(10(8-22)7-20-9)6-12(16(19)23)17(24-15)21-14-5-3-2-4-13(14)18/h2-7,22H,8H2,1H3,(H2,19,23). The minimum Gasteiger partial charge on any atom is -0.436 e. The number of primary amides is 1. The summed E-state index contributed by atoms with van der Waals surface area (Å²) in [6.07, 6.45) is 1.55. The Morgan fingerprint density at radius 3 is 2.83 bits per heavy atom. The summed E-state index contributed by atoms with van der Waals surface area (Å²) >= 11 is 2.16. The average Bonchev–Trinajstić information content (AvgIpc) is 2.57. The average molecular weight is 435 g/mol. The minimum absolute atomic E-state index is 0.124. The van der Waals surface area contributed by atoms with Crippen LogP contribution in [0.1, 0.15) is 21.6 Å². The Morgan fingerprint density at radius 1 is 1.42 bits per heavy atom. The molecule has 0 radical (unpaired) electrons. The predicted molar refractivity (Wildman–Crippen MR) is 97.6 cm³/mol. The summed E-state index contributed by atoms with van der Waals surface area (Å²) < 4.78 is 6.76. The van der Waals surface area contributed by atoms with E-state index in [0.717, 1.165) is 3.57 Å². The highest BCUT2D eigenvalue weighted by Crippen LogP contribution is 2.23. The third kappa shape index (κ3) is 3.04. The van der Waals surface area contributed by atoms with Gasteiger partial charge < -0.3 is 15.3 Å². The zero-order chi connectivity index (χ0) is 17.3. The molecule has 3 rings (SSSR count). The van der Waals surface area contributed by atoms with Crippen molar-refractivity contribution in [2.24, 2.45) is 10.7 Å². The van der Waals surface area contributed by atoms with Gasteiger partial charge in [0.25, 0.3) is 5.91 Å². The molecule has 0 fully saturated rings. The number of aryl methyl sites for hydroxylation is 1. The number of carbonyl (C=O) groups excluding carboxylic acids is 1. The Kier molecular flexibility index (Phi) is 4.63. The number of hydrogen-bond donors (Lipinski definition) is 2. The first-order chi connectivity index (χ1) is 11.5. The Labute approximate surface area is 151 Å². The molecule has 0 saturated carbocycles. The molecule has 2 heterocycles. The van der Waals surface area contributed by atoms with Gasteiger partial charge in [0.15, 0.2) is 5.58 Å². The molecule has 6 nitrogen and oxygen atoms in total. The maximum Gasteiger partial charge on any atom is 0.254 e. The summed E-state index contributed by atoms with van der Waals surface area (Å²) in [5, 5.41) is 10.1. The molecule has 0 unspecified atom stereocenters. The number of hydrogen-bond acceptors (Lipinski definition) is 5. The number of nitrogens with two attached hydrogens (primary N) is 1. The number of pyridine rings is 1. The lowest BCUT2D eigenvalue weighted by Gasteiger charge is -2.07. The van der Waals surface area contributed by atoms with E-state index in [9.17, 15) is 9.90 Å². The molecule has 1 aromatic carbocycles. The van der Waals surface area contributed by atoms with Crippen LogP contribution in [0.15, 0.2) is 45.9 Å². The van der Waals surface area contributed by atoms with E-state index in [1.807, 2.05) is 24.3 Å². The van der Waals surface area contributed by atoms with Crippen LogP contribution in [-0.4, -0.2) is 16.0 Å². The Bertz CT molecular complexity index is 1010. The van der Waals surface area contributed by atoms with Crippen molar-refractivity contribution in [3.63, 3.8) is 0 Å². The summed E-state index contributed by atoms with van der Waals surface area (Å²) in [5.41, 5.74) is 8.10. The lowest BCUT2D eigenvalue weighted by atomic mass is 10.1. The topological polar surface area (TPSA) is 102 Å². The molecular formula is C17H14IN3O3. The third-order valence-corrected chi connectivity index (χ3v) is 4.47. The van der Waals surface area contributed by atoms with E-state index in [1.165, 1.54) is 0 Å². The molecule has 3 N–H and O–H groups in total. The van der Waals surface area contributed by atoms with Crippen molar-refractivity contribution in [3.8, 4) is 0 Å². The maximum absolute atomic E-state index is 11.8. The number of aliphatic hydroxyl groups is 1. The smallest absolute Gasteiger partial charge is 0.254 e. The van der Waals surface area contributed by atoms with Crippen molar-refractivity contribution >= 4 is 45.2 Å². The first kappa shape index (κ1) is 16.6. The molecule has 2 aromatic heterocycles. The summed E-state index contributed by atoms with van der Waals surface area (Å²) in [4.78, 5) is 20.5. The van der Waals surface area contributed by atoms with Gasteiger partial charge in [-0.15, -0.1) is 0 Å². The lowest BCUT2D eigenvalue weighted by Crippen LogP contribution is -2.22. The highest BCUT2D eigenvalue weighted by Gasteiger charge is 2.14. The Morgan fingerprint density at radius 2 is 2.17 bits per heavy atom. The number of para-hydroxylation sites is 1. The van der Waals surface area contributed by atoms with Crippen LogP contribution in [-0.2, 0) is 6.61 Å². The van der Waals surface area contributed by atoms with Crippen molar-refractivity contribution in [1.29, 1.82) is 0 Å². The van der Waals surface area contributed by atoms with Gasteiger partial charge in [0.2, 0.25) is 5.55 Å². The van der Waals surface area contributed by atoms with Crippen LogP contribution in [0.5, 0.6) is 0 Å². The van der Waals surface area contributed by atoms with Crippen LogP contribution >= 0.6 is 22.6 Å². The normalized spacial score (nSPS) is 11.9. The summed E-state index contributed by atoms with van der Waals surface area (Å²) in [6, 6.07) is 9.07. The van der Waals surface area contributed by atoms with Crippen LogP contribution in [0.2, 0.25) is 0 Å². The third-order valence-electron chi connectivity index (χ3n) is 3.56. The van der Waals surface area contributed by atoms with E-state index in [4.69, 9.17) is 10.2 Å². The molecule has 0 atom stereocenters. The van der Waals surface area contributed by atoms with E-state index in [-0.39, 0.29) is 17.7 Å². The van der Waals surface area contributed by atoms with Gasteiger partial charge in [-0.3, -0.25) is 9.78 Å². The molecule has 122 valence electrons. The highest BCUT2D eigenvalue weighted by molar-refractivity contribution is 14.1. The second-order valence-corrected chi connectivity index (χ2v) is 6.32. The fourth-order valence-corrected chi connectivity index (χ4v) is 2.83. The molecule has 0 aliphatic carbocycles. The van der Waals surface area contributed by atoms with E-state index in [2.05, 4.69) is 32.6 Å². The van der Waals surface area contributed by atoms with E-state index in [1.54, 1.807) is 19.2 Å². The molecule has 0 saturated heterocycles. The molecule has 24 heavy (non-hydrogen) atoms. The molecule has 0 bridgehead atoms. The zero-order valence-corrected chi connectivity index (χ0v) is 14.9. The van der Waals surface area contributed by atoms with Crippen molar-refractivity contribution in [2.75, 3.05) is 0 Å². The van der Waals surface area contributed by atoms with Gasteiger partial charge in [-0.2, -0.15) is 0 Å². The summed E-state index contributed by atoms with van der Waals surface area (Å²) in [5.74, 6) is -0.649. The van der Waals surface area contributed by atoms with Crippen LogP contribution in [0.25, 0.3) is 11.0 Å².